The van der Waals surface area contributed by atoms with E-state index in [9.17, 15) is 24.1 Å². The van der Waals surface area contributed by atoms with Crippen molar-refractivity contribution in [3.8, 4) is 11.3 Å². The summed E-state index contributed by atoms with van der Waals surface area (Å²) in [5.41, 5.74) is 1.87. The lowest BCUT2D eigenvalue weighted by Gasteiger charge is -2.42. The van der Waals surface area contributed by atoms with Gasteiger partial charge >= 0.3 is 0 Å². The third kappa shape index (κ3) is 4.35. The minimum absolute atomic E-state index is 0.0140. The van der Waals surface area contributed by atoms with Crippen molar-refractivity contribution in [3.05, 3.63) is 65.0 Å². The molecule has 6 rings (SSSR count). The van der Waals surface area contributed by atoms with Gasteiger partial charge in [0.2, 0.25) is 5.79 Å². The maximum absolute atomic E-state index is 14.9. The molecule has 3 N–H and O–H groups in total. The van der Waals surface area contributed by atoms with Crippen molar-refractivity contribution < 1.29 is 28.8 Å². The first-order valence-electron chi connectivity index (χ1n) is 11.9. The summed E-state index contributed by atoms with van der Waals surface area (Å²) in [6.07, 6.45) is 4.48. The van der Waals surface area contributed by atoms with E-state index in [1.165, 1.54) is 12.3 Å². The normalized spacial score (nSPS) is 23.5. The number of hydrogen-bond donors (Lipinski definition) is 3. The van der Waals surface area contributed by atoms with E-state index in [0.29, 0.717) is 11.4 Å². The van der Waals surface area contributed by atoms with Gasteiger partial charge in [0.1, 0.15) is 28.7 Å². The molecule has 1 aliphatic carbocycles. The molecule has 2 fully saturated rings. The second-order valence-electron chi connectivity index (χ2n) is 9.80. The topological polar surface area (TPSA) is 139 Å². The Labute approximate surface area is 209 Å². The maximum atomic E-state index is 14.9. The van der Waals surface area contributed by atoms with Gasteiger partial charge in [-0.2, -0.15) is 5.10 Å². The number of fused-ring (bicyclic) bond motifs is 1. The van der Waals surface area contributed by atoms with E-state index in [1.807, 2.05) is 0 Å². The number of aliphatic hydroxyl groups is 3. The van der Waals surface area contributed by atoms with Gasteiger partial charge in [0.15, 0.2) is 5.65 Å². The van der Waals surface area contributed by atoms with Crippen molar-refractivity contribution in [3.63, 3.8) is 0 Å². The van der Waals surface area contributed by atoms with E-state index in [-0.39, 0.29) is 52.7 Å². The van der Waals surface area contributed by atoms with E-state index < -0.39 is 29.3 Å². The highest BCUT2D eigenvalue weighted by molar-refractivity contribution is 5.87. The number of hydrogen-bond acceptors (Lipinski definition) is 9. The lowest BCUT2D eigenvalue weighted by Crippen LogP contribution is -2.49. The Bertz CT molecular complexity index is 1540. The summed E-state index contributed by atoms with van der Waals surface area (Å²) >= 11 is 0. The molecular weight excluding hydrogens is 486 g/mol. The summed E-state index contributed by atoms with van der Waals surface area (Å²) in [7, 11) is 0. The molecule has 1 saturated carbocycles. The number of aryl methyl sites for hydroxylation is 2. The number of benzene rings is 1. The highest BCUT2D eigenvalue weighted by Gasteiger charge is 2.50. The summed E-state index contributed by atoms with van der Waals surface area (Å²) in [5.74, 6) is -7.17. The van der Waals surface area contributed by atoms with Crippen molar-refractivity contribution in [2.24, 2.45) is 0 Å². The fourth-order valence-electron chi connectivity index (χ4n) is 4.70. The zero-order chi connectivity index (χ0) is 26.1. The number of ether oxygens (including phenoxy) is 1. The number of aromatic nitrogens is 6. The van der Waals surface area contributed by atoms with Crippen LogP contribution in [0.5, 0.6) is 0 Å². The predicted molar refractivity (Wildman–Crippen MR) is 125 cm³/mol. The van der Waals surface area contributed by atoms with Crippen molar-refractivity contribution in [2.75, 3.05) is 0 Å². The van der Waals surface area contributed by atoms with Crippen molar-refractivity contribution in [1.82, 2.24) is 29.7 Å². The first kappa shape index (κ1) is 23.9. The monoisotopic (exact) mass is 510 g/mol. The van der Waals surface area contributed by atoms with E-state index in [0.717, 1.165) is 25.0 Å². The van der Waals surface area contributed by atoms with Crippen molar-refractivity contribution in [1.29, 1.82) is 0 Å². The standard InChI is InChI=1S/C25H24F2N6O4/c1-12-13(2)30-23-21(29-12)20(18-6-3-16(26)7-19(18)27)31-22(32-23)14-8-24(34,37-25(35,36)9-14)15-10-28-33(11-15)17-4-5-17/h3,6-7,10-11,14,17,34-36H,4-5,8-9H2,1-2H3. The first-order valence-corrected chi connectivity index (χ1v) is 11.9. The quantitative estimate of drug-likeness (QED) is 0.354. The van der Waals surface area contributed by atoms with Gasteiger partial charge in [0, 0.05) is 42.1 Å². The second-order valence-corrected chi connectivity index (χ2v) is 9.80. The van der Waals surface area contributed by atoms with Crippen LogP contribution >= 0.6 is 0 Å². The lowest BCUT2D eigenvalue weighted by atomic mass is 9.87. The zero-order valence-electron chi connectivity index (χ0n) is 20.1. The Kier molecular flexibility index (Phi) is 5.35. The Morgan fingerprint density at radius 1 is 1.00 bits per heavy atom. The van der Waals surface area contributed by atoms with Gasteiger partial charge in [-0.15, -0.1) is 0 Å². The van der Waals surface area contributed by atoms with E-state index >= 15 is 0 Å². The van der Waals surface area contributed by atoms with E-state index in [1.54, 1.807) is 24.7 Å². The summed E-state index contributed by atoms with van der Waals surface area (Å²) in [6.45, 7) is 3.49. The Hall–Kier alpha value is -3.45. The number of halogens is 2. The minimum Gasteiger partial charge on any atom is -0.362 e. The lowest BCUT2D eigenvalue weighted by molar-refractivity contribution is -0.444. The highest BCUT2D eigenvalue weighted by Crippen LogP contribution is 2.46. The number of rotatable bonds is 4. The summed E-state index contributed by atoms with van der Waals surface area (Å²) in [4.78, 5) is 18.0. The molecule has 4 heterocycles. The molecule has 4 aromatic rings. The van der Waals surface area contributed by atoms with E-state index in [2.05, 4.69) is 25.0 Å². The molecule has 192 valence electrons. The van der Waals surface area contributed by atoms with Gasteiger partial charge in [0.25, 0.3) is 5.97 Å². The van der Waals surface area contributed by atoms with Crippen LogP contribution in [0.2, 0.25) is 0 Å². The highest BCUT2D eigenvalue weighted by atomic mass is 19.1. The molecule has 0 spiro atoms. The van der Waals surface area contributed by atoms with Crippen LogP contribution in [0.4, 0.5) is 8.78 Å². The molecule has 3 aromatic heterocycles. The van der Waals surface area contributed by atoms with Gasteiger partial charge < -0.3 is 15.3 Å². The van der Waals surface area contributed by atoms with Crippen LogP contribution in [0.1, 0.15) is 60.4 Å². The Balaban J connectivity index is 1.48. The predicted octanol–water partition coefficient (Wildman–Crippen LogP) is 2.89. The van der Waals surface area contributed by atoms with Crippen molar-refractivity contribution >= 4 is 11.2 Å². The maximum Gasteiger partial charge on any atom is 0.281 e. The molecule has 0 amide bonds. The molecular formula is C25H24F2N6O4. The fraction of sp³-hybridized carbons (Fsp3) is 0.400. The molecule has 2 atom stereocenters. The van der Waals surface area contributed by atoms with Crippen LogP contribution in [0.15, 0.2) is 30.6 Å². The fourth-order valence-corrected chi connectivity index (χ4v) is 4.70. The van der Waals surface area contributed by atoms with Gasteiger partial charge in [-0.3, -0.25) is 9.42 Å². The molecule has 1 saturated heterocycles. The summed E-state index contributed by atoms with van der Waals surface area (Å²) in [6, 6.07) is 3.35. The third-order valence-corrected chi connectivity index (χ3v) is 6.85. The van der Waals surface area contributed by atoms with Crippen LogP contribution in [-0.4, -0.2) is 51.0 Å². The molecule has 1 aliphatic heterocycles. The molecule has 37 heavy (non-hydrogen) atoms. The minimum atomic E-state index is -2.71. The van der Waals surface area contributed by atoms with Crippen LogP contribution in [0.25, 0.3) is 22.4 Å². The van der Waals surface area contributed by atoms with Crippen molar-refractivity contribution in [2.45, 2.75) is 63.3 Å². The average molecular weight is 511 g/mol. The smallest absolute Gasteiger partial charge is 0.281 e. The van der Waals surface area contributed by atoms with Crippen LogP contribution in [0.3, 0.4) is 0 Å². The Morgan fingerprint density at radius 2 is 1.76 bits per heavy atom. The van der Waals surface area contributed by atoms with Gasteiger partial charge in [-0.1, -0.05) is 0 Å². The molecule has 1 aromatic carbocycles. The second kappa shape index (κ2) is 8.28. The van der Waals surface area contributed by atoms with Gasteiger partial charge in [-0.05, 0) is 38.8 Å². The third-order valence-electron chi connectivity index (χ3n) is 6.85. The molecule has 0 radical (unpaired) electrons. The van der Waals surface area contributed by atoms with Crippen LogP contribution < -0.4 is 0 Å². The Morgan fingerprint density at radius 3 is 2.49 bits per heavy atom. The molecule has 12 heteroatoms. The van der Waals surface area contributed by atoms with E-state index in [4.69, 9.17) is 4.74 Å². The summed E-state index contributed by atoms with van der Waals surface area (Å²) in [5, 5.41) is 36.8. The summed E-state index contributed by atoms with van der Waals surface area (Å²) < 4.78 is 35.5. The average Bonchev–Trinajstić information content (AvgIpc) is 3.54. The molecule has 2 unspecified atom stereocenters. The SMILES string of the molecule is Cc1nc2nc(C3CC(O)(O)OC(O)(c4cnn(C5CC5)c4)C3)nc(-c3ccc(F)cc3F)c2nc1C. The van der Waals surface area contributed by atoms with Crippen LogP contribution in [0, 0.1) is 25.5 Å². The molecule has 0 bridgehead atoms. The van der Waals surface area contributed by atoms with Gasteiger partial charge in [0.05, 0.1) is 23.6 Å². The largest absolute Gasteiger partial charge is 0.362 e. The molecule has 2 aliphatic rings. The van der Waals surface area contributed by atoms with Gasteiger partial charge in [-0.25, -0.2) is 28.7 Å². The van der Waals surface area contributed by atoms with Crippen LogP contribution in [-0.2, 0) is 10.5 Å². The molecule has 10 nitrogen and oxygen atoms in total. The first-order chi connectivity index (χ1) is 17.5. The number of nitrogens with zero attached hydrogens (tertiary/aromatic N) is 6. The zero-order valence-corrected chi connectivity index (χ0v) is 20.1.